The van der Waals surface area contributed by atoms with Gasteiger partial charge in [-0.2, -0.15) is 0 Å². The van der Waals surface area contributed by atoms with Crippen LogP contribution in [0.3, 0.4) is 0 Å². The Hall–Kier alpha value is -2.26. The Morgan fingerprint density at radius 1 is 1.14 bits per heavy atom. The van der Waals surface area contributed by atoms with E-state index < -0.39 is 16.1 Å². The van der Waals surface area contributed by atoms with Gasteiger partial charge in [0, 0.05) is 29.8 Å². The second kappa shape index (κ2) is 6.91. The van der Waals surface area contributed by atoms with Gasteiger partial charge < -0.3 is 10.0 Å². The van der Waals surface area contributed by atoms with Crippen LogP contribution in [0.25, 0.3) is 10.1 Å². The fourth-order valence-corrected chi connectivity index (χ4v) is 6.37. The highest BCUT2D eigenvalue weighted by Gasteiger charge is 2.33. The lowest BCUT2D eigenvalue weighted by molar-refractivity contribution is -0.118. The summed E-state index contributed by atoms with van der Waals surface area (Å²) >= 11 is 1.53. The van der Waals surface area contributed by atoms with E-state index in [1.54, 1.807) is 17.0 Å². The van der Waals surface area contributed by atoms with E-state index in [2.05, 4.69) is 4.72 Å². The van der Waals surface area contributed by atoms with Crippen LogP contribution in [0.4, 0.5) is 5.69 Å². The fourth-order valence-electron chi connectivity index (χ4n) is 4.22. The lowest BCUT2D eigenvalue weighted by Crippen LogP contribution is -2.33. The summed E-state index contributed by atoms with van der Waals surface area (Å²) in [6, 6.07) is 11.1. The van der Waals surface area contributed by atoms with Crippen molar-refractivity contribution in [1.82, 2.24) is 4.72 Å². The summed E-state index contributed by atoms with van der Waals surface area (Å²) in [4.78, 5) is 14.0. The van der Waals surface area contributed by atoms with E-state index in [0.29, 0.717) is 25.8 Å². The molecule has 3 aromatic rings. The summed E-state index contributed by atoms with van der Waals surface area (Å²) in [5.41, 5.74) is 3.43. The molecule has 5 rings (SSSR count). The third-order valence-corrected chi connectivity index (χ3v) is 8.06. The van der Waals surface area contributed by atoms with E-state index >= 15 is 0 Å². The molecule has 2 N–H and O–H groups in total. The number of aryl methyl sites for hydroxylation is 1. The fraction of sp³-hybridized carbons (Fsp3) is 0.286. The van der Waals surface area contributed by atoms with Gasteiger partial charge in [-0.1, -0.05) is 18.2 Å². The lowest BCUT2D eigenvalue weighted by Gasteiger charge is -2.25. The smallest absolute Gasteiger partial charge is 0.240 e. The maximum atomic E-state index is 12.9. The molecule has 0 bridgehead atoms. The Kier molecular flexibility index (Phi) is 4.47. The van der Waals surface area contributed by atoms with Crippen LogP contribution in [0, 0.1) is 0 Å². The van der Waals surface area contributed by atoms with Crippen LogP contribution in [0.1, 0.15) is 29.2 Å². The van der Waals surface area contributed by atoms with Gasteiger partial charge in [-0.25, -0.2) is 13.1 Å². The number of hydrogen-bond acceptors (Lipinski definition) is 5. The molecule has 6 nitrogen and oxygen atoms in total. The second-order valence-electron chi connectivity index (χ2n) is 7.44. The highest BCUT2D eigenvalue weighted by molar-refractivity contribution is 7.89. The Morgan fingerprint density at radius 3 is 2.72 bits per heavy atom. The molecule has 2 aromatic carbocycles. The number of aliphatic hydroxyl groups is 1. The van der Waals surface area contributed by atoms with Crippen LogP contribution in [0.15, 0.2) is 46.7 Å². The average Bonchev–Trinajstić information content (AvgIpc) is 3.34. The molecule has 0 spiro atoms. The maximum Gasteiger partial charge on any atom is 0.240 e. The minimum Gasteiger partial charge on any atom is -0.387 e. The van der Waals surface area contributed by atoms with Crippen molar-refractivity contribution in [2.75, 3.05) is 18.0 Å². The van der Waals surface area contributed by atoms with Gasteiger partial charge in [0.05, 0.1) is 16.7 Å². The minimum atomic E-state index is -3.77. The molecule has 0 saturated carbocycles. The first-order valence-corrected chi connectivity index (χ1v) is 11.9. The SMILES string of the molecule is O=C1CCc2cc(S(=O)(=O)NCC(O)c3csc4ccccc34)cc3c2N1CC3. The largest absolute Gasteiger partial charge is 0.387 e. The van der Waals surface area contributed by atoms with E-state index in [1.807, 2.05) is 29.6 Å². The number of rotatable bonds is 5. The molecule has 150 valence electrons. The van der Waals surface area contributed by atoms with E-state index in [0.717, 1.165) is 32.5 Å². The predicted molar refractivity (Wildman–Crippen MR) is 113 cm³/mol. The molecule has 0 radical (unpaired) electrons. The number of nitrogens with one attached hydrogen (secondary N) is 1. The molecule has 2 aliphatic rings. The Bertz CT molecular complexity index is 1230. The molecular formula is C21H20N2O4S2. The average molecular weight is 429 g/mol. The molecule has 2 aliphatic heterocycles. The summed E-state index contributed by atoms with van der Waals surface area (Å²) in [6.07, 6.45) is 0.709. The van der Waals surface area contributed by atoms with Crippen LogP contribution >= 0.6 is 11.3 Å². The first kappa shape index (κ1) is 18.7. The van der Waals surface area contributed by atoms with Gasteiger partial charge in [-0.3, -0.25) is 4.79 Å². The topological polar surface area (TPSA) is 86.7 Å². The summed E-state index contributed by atoms with van der Waals surface area (Å²) in [5.74, 6) is 0.107. The quantitative estimate of drug-likeness (QED) is 0.654. The molecule has 1 atom stereocenters. The van der Waals surface area contributed by atoms with Crippen LogP contribution in [-0.2, 0) is 27.7 Å². The van der Waals surface area contributed by atoms with Crippen molar-refractivity contribution in [3.05, 3.63) is 58.5 Å². The molecule has 1 amide bonds. The third-order valence-electron chi connectivity index (χ3n) is 5.67. The molecule has 0 aliphatic carbocycles. The number of fused-ring (bicyclic) bond motifs is 1. The van der Waals surface area contributed by atoms with Crippen molar-refractivity contribution in [1.29, 1.82) is 0 Å². The second-order valence-corrected chi connectivity index (χ2v) is 10.1. The lowest BCUT2D eigenvalue weighted by atomic mass is 10.00. The highest BCUT2D eigenvalue weighted by Crippen LogP contribution is 2.38. The van der Waals surface area contributed by atoms with Gasteiger partial charge in [-0.05, 0) is 52.9 Å². The van der Waals surface area contributed by atoms with Gasteiger partial charge in [-0.15, -0.1) is 11.3 Å². The summed E-state index contributed by atoms with van der Waals surface area (Å²) < 4.78 is 29.4. The highest BCUT2D eigenvalue weighted by atomic mass is 32.2. The number of benzene rings is 2. The number of amides is 1. The third kappa shape index (κ3) is 3.16. The van der Waals surface area contributed by atoms with Crippen molar-refractivity contribution in [2.24, 2.45) is 0 Å². The van der Waals surface area contributed by atoms with Crippen LogP contribution in [0.2, 0.25) is 0 Å². The number of thiophene rings is 1. The predicted octanol–water partition coefficient (Wildman–Crippen LogP) is 2.75. The van der Waals surface area contributed by atoms with Gasteiger partial charge in [0.15, 0.2) is 0 Å². The number of nitrogens with zero attached hydrogens (tertiary/aromatic N) is 1. The first-order chi connectivity index (χ1) is 13.9. The maximum absolute atomic E-state index is 12.9. The number of carbonyl (C=O) groups is 1. The van der Waals surface area contributed by atoms with Gasteiger partial charge >= 0.3 is 0 Å². The summed E-state index contributed by atoms with van der Waals surface area (Å²) in [5, 5.41) is 13.4. The van der Waals surface area contributed by atoms with Crippen molar-refractivity contribution in [3.8, 4) is 0 Å². The van der Waals surface area contributed by atoms with Gasteiger partial charge in [0.25, 0.3) is 0 Å². The van der Waals surface area contributed by atoms with Crippen LogP contribution in [0.5, 0.6) is 0 Å². The standard InChI is InChI=1S/C21H20N2O4S2/c24-18(17-12-28-19-4-2-1-3-16(17)19)11-22-29(26,27)15-9-13-5-6-20(25)23-8-7-14(10-15)21(13)23/h1-4,9-10,12,18,22,24H,5-8,11H2. The van der Waals surface area contributed by atoms with Gasteiger partial charge in [0.1, 0.15) is 0 Å². The van der Waals surface area contributed by atoms with Crippen molar-refractivity contribution in [2.45, 2.75) is 30.3 Å². The number of hydrogen-bond donors (Lipinski definition) is 2. The molecule has 8 heteroatoms. The molecule has 0 saturated heterocycles. The van der Waals surface area contributed by atoms with Gasteiger partial charge in [0.2, 0.25) is 15.9 Å². The number of anilines is 1. The number of sulfonamides is 1. The van der Waals surface area contributed by atoms with Crippen molar-refractivity contribution < 1.29 is 18.3 Å². The molecular weight excluding hydrogens is 408 g/mol. The normalized spacial score (nSPS) is 17.0. The first-order valence-electron chi connectivity index (χ1n) is 9.54. The number of aliphatic hydroxyl groups excluding tert-OH is 1. The molecule has 1 unspecified atom stereocenters. The molecule has 0 fully saturated rings. The Balaban J connectivity index is 1.39. The van der Waals surface area contributed by atoms with E-state index in [-0.39, 0.29) is 17.3 Å². The van der Waals surface area contributed by atoms with Crippen LogP contribution in [-0.4, -0.2) is 32.5 Å². The van der Waals surface area contributed by atoms with E-state index in [9.17, 15) is 18.3 Å². The zero-order valence-electron chi connectivity index (χ0n) is 15.6. The molecule has 1 aromatic heterocycles. The van der Waals surface area contributed by atoms with E-state index in [4.69, 9.17) is 0 Å². The Morgan fingerprint density at radius 2 is 1.90 bits per heavy atom. The zero-order chi connectivity index (χ0) is 20.2. The molecule has 3 heterocycles. The Labute approximate surface area is 172 Å². The van der Waals surface area contributed by atoms with Crippen LogP contribution < -0.4 is 9.62 Å². The summed E-state index contributed by atoms with van der Waals surface area (Å²) in [6.45, 7) is 0.516. The summed E-state index contributed by atoms with van der Waals surface area (Å²) in [7, 11) is -3.77. The molecule has 29 heavy (non-hydrogen) atoms. The number of carbonyl (C=O) groups excluding carboxylic acids is 1. The minimum absolute atomic E-state index is 0.0971. The van der Waals surface area contributed by atoms with Crippen molar-refractivity contribution in [3.63, 3.8) is 0 Å². The van der Waals surface area contributed by atoms with Crippen molar-refractivity contribution >= 4 is 43.0 Å². The zero-order valence-corrected chi connectivity index (χ0v) is 17.2. The van der Waals surface area contributed by atoms with E-state index in [1.165, 1.54) is 11.3 Å². The monoisotopic (exact) mass is 428 g/mol.